The highest BCUT2D eigenvalue weighted by molar-refractivity contribution is 6.36. The van der Waals surface area contributed by atoms with E-state index >= 15 is 0 Å². The van der Waals surface area contributed by atoms with Crippen molar-refractivity contribution in [2.75, 3.05) is 0 Å². The van der Waals surface area contributed by atoms with E-state index in [0.29, 0.717) is 11.3 Å². The SMILES string of the molecule is CC(C)c1cc(Oc2c(Cl)ncc(F)c2Cl)ccc1O. The number of halogens is 3. The van der Waals surface area contributed by atoms with Crippen LogP contribution in [0.25, 0.3) is 0 Å². The summed E-state index contributed by atoms with van der Waals surface area (Å²) >= 11 is 11.7. The van der Waals surface area contributed by atoms with Crippen molar-refractivity contribution in [1.29, 1.82) is 0 Å². The highest BCUT2D eigenvalue weighted by atomic mass is 35.5. The molecule has 0 amide bonds. The Morgan fingerprint density at radius 3 is 2.65 bits per heavy atom. The van der Waals surface area contributed by atoms with E-state index in [2.05, 4.69) is 4.98 Å². The van der Waals surface area contributed by atoms with E-state index in [9.17, 15) is 9.50 Å². The van der Waals surface area contributed by atoms with Crippen LogP contribution in [0.15, 0.2) is 24.4 Å². The number of phenols is 1. The van der Waals surface area contributed by atoms with Gasteiger partial charge in [0.05, 0.1) is 6.20 Å². The quantitative estimate of drug-likeness (QED) is 0.796. The molecule has 6 heteroatoms. The lowest BCUT2D eigenvalue weighted by Gasteiger charge is -2.13. The van der Waals surface area contributed by atoms with Crippen molar-refractivity contribution in [3.05, 3.63) is 46.0 Å². The predicted octanol–water partition coefficient (Wildman–Crippen LogP) is 5.15. The molecule has 0 atom stereocenters. The third kappa shape index (κ3) is 2.97. The summed E-state index contributed by atoms with van der Waals surface area (Å²) in [6.07, 6.45) is 0.924. The number of rotatable bonds is 3. The smallest absolute Gasteiger partial charge is 0.186 e. The molecule has 2 aromatic rings. The molecule has 0 saturated heterocycles. The van der Waals surface area contributed by atoms with E-state index in [4.69, 9.17) is 27.9 Å². The van der Waals surface area contributed by atoms with Gasteiger partial charge in [-0.15, -0.1) is 0 Å². The number of benzene rings is 1. The summed E-state index contributed by atoms with van der Waals surface area (Å²) in [4.78, 5) is 3.64. The van der Waals surface area contributed by atoms with Crippen LogP contribution in [0, 0.1) is 5.82 Å². The van der Waals surface area contributed by atoms with Gasteiger partial charge in [-0.2, -0.15) is 0 Å². The van der Waals surface area contributed by atoms with E-state index in [0.717, 1.165) is 6.20 Å². The maximum Gasteiger partial charge on any atom is 0.186 e. The first kappa shape index (κ1) is 14.9. The first-order valence-corrected chi connectivity index (χ1v) is 6.66. The van der Waals surface area contributed by atoms with Crippen molar-refractivity contribution in [3.63, 3.8) is 0 Å². The van der Waals surface area contributed by atoms with Gasteiger partial charge in [0, 0.05) is 5.56 Å². The number of aromatic nitrogens is 1. The van der Waals surface area contributed by atoms with Gasteiger partial charge in [-0.1, -0.05) is 37.0 Å². The molecule has 1 heterocycles. The van der Waals surface area contributed by atoms with E-state index < -0.39 is 5.82 Å². The third-order valence-electron chi connectivity index (χ3n) is 2.73. The van der Waals surface area contributed by atoms with Crippen LogP contribution in [-0.2, 0) is 0 Å². The van der Waals surface area contributed by atoms with E-state index in [1.807, 2.05) is 13.8 Å². The maximum absolute atomic E-state index is 13.4. The molecule has 3 nitrogen and oxygen atoms in total. The zero-order chi connectivity index (χ0) is 14.9. The van der Waals surface area contributed by atoms with Crippen LogP contribution in [0.4, 0.5) is 4.39 Å². The van der Waals surface area contributed by atoms with Crippen LogP contribution in [0.1, 0.15) is 25.3 Å². The van der Waals surface area contributed by atoms with Crippen LogP contribution in [0.2, 0.25) is 10.2 Å². The molecule has 106 valence electrons. The molecule has 0 spiro atoms. The monoisotopic (exact) mass is 315 g/mol. The first-order valence-electron chi connectivity index (χ1n) is 5.90. The van der Waals surface area contributed by atoms with Crippen molar-refractivity contribution in [3.8, 4) is 17.2 Å². The number of ether oxygens (including phenoxy) is 1. The van der Waals surface area contributed by atoms with Gasteiger partial charge in [-0.3, -0.25) is 0 Å². The Morgan fingerprint density at radius 2 is 2.00 bits per heavy atom. The summed E-state index contributed by atoms with van der Waals surface area (Å²) in [5, 5.41) is 9.48. The van der Waals surface area contributed by atoms with Crippen LogP contribution >= 0.6 is 23.2 Å². The molecule has 2 rings (SSSR count). The lowest BCUT2D eigenvalue weighted by atomic mass is 10.0. The molecule has 0 aliphatic heterocycles. The van der Waals surface area contributed by atoms with Gasteiger partial charge in [0.25, 0.3) is 0 Å². The van der Waals surface area contributed by atoms with Gasteiger partial charge in [0.15, 0.2) is 16.7 Å². The predicted molar refractivity (Wildman–Crippen MR) is 76.5 cm³/mol. The topological polar surface area (TPSA) is 42.4 Å². The fraction of sp³-hybridized carbons (Fsp3) is 0.214. The van der Waals surface area contributed by atoms with Crippen LogP contribution in [-0.4, -0.2) is 10.1 Å². The first-order chi connectivity index (χ1) is 9.40. The van der Waals surface area contributed by atoms with Crippen molar-refractivity contribution >= 4 is 23.2 Å². The summed E-state index contributed by atoms with van der Waals surface area (Å²) in [6.45, 7) is 3.87. The minimum Gasteiger partial charge on any atom is -0.508 e. The Labute approximate surface area is 125 Å². The van der Waals surface area contributed by atoms with Gasteiger partial charge < -0.3 is 9.84 Å². The molecule has 0 fully saturated rings. The summed E-state index contributed by atoms with van der Waals surface area (Å²) in [6, 6.07) is 4.69. The van der Waals surface area contributed by atoms with Crippen molar-refractivity contribution in [2.24, 2.45) is 0 Å². The molecule has 20 heavy (non-hydrogen) atoms. The Hall–Kier alpha value is -1.52. The van der Waals surface area contributed by atoms with Crippen LogP contribution in [0.5, 0.6) is 17.2 Å². The Bertz CT molecular complexity index is 647. The second-order valence-electron chi connectivity index (χ2n) is 4.52. The lowest BCUT2D eigenvalue weighted by molar-refractivity contribution is 0.452. The molecule has 1 aromatic heterocycles. The zero-order valence-electron chi connectivity index (χ0n) is 10.8. The summed E-state index contributed by atoms with van der Waals surface area (Å²) in [5.74, 6) is -0.0950. The number of nitrogens with zero attached hydrogens (tertiary/aromatic N) is 1. The lowest BCUT2D eigenvalue weighted by Crippen LogP contribution is -1.94. The van der Waals surface area contributed by atoms with Crippen molar-refractivity contribution in [1.82, 2.24) is 4.98 Å². The molecule has 0 aliphatic rings. The van der Waals surface area contributed by atoms with E-state index in [1.165, 1.54) is 6.07 Å². The molecule has 0 unspecified atom stereocenters. The molecule has 1 aromatic carbocycles. The fourth-order valence-electron chi connectivity index (χ4n) is 1.69. The molecule has 0 radical (unpaired) electrons. The van der Waals surface area contributed by atoms with E-state index in [-0.39, 0.29) is 27.6 Å². The van der Waals surface area contributed by atoms with Crippen molar-refractivity contribution < 1.29 is 14.2 Å². The Kier molecular flexibility index (Phi) is 4.35. The highest BCUT2D eigenvalue weighted by Crippen LogP contribution is 2.38. The Balaban J connectivity index is 2.41. The van der Waals surface area contributed by atoms with Crippen LogP contribution < -0.4 is 4.74 Å². The van der Waals surface area contributed by atoms with Gasteiger partial charge in [0.1, 0.15) is 16.5 Å². The number of pyridine rings is 1. The van der Waals surface area contributed by atoms with Crippen LogP contribution in [0.3, 0.4) is 0 Å². The standard InChI is InChI=1S/C14H12Cl2FNO2/c1-7(2)9-5-8(3-4-11(9)19)20-13-12(15)10(17)6-18-14(13)16/h3-7,19H,1-2H3. The second kappa shape index (κ2) is 5.85. The normalized spacial score (nSPS) is 10.9. The Morgan fingerprint density at radius 1 is 1.30 bits per heavy atom. The third-order valence-corrected chi connectivity index (χ3v) is 3.35. The molecule has 0 aliphatic carbocycles. The second-order valence-corrected chi connectivity index (χ2v) is 5.25. The number of aromatic hydroxyl groups is 1. The molecule has 0 saturated carbocycles. The molecule has 0 bridgehead atoms. The maximum atomic E-state index is 13.4. The molecule has 1 N–H and O–H groups in total. The van der Waals surface area contributed by atoms with Gasteiger partial charge in [0.2, 0.25) is 0 Å². The van der Waals surface area contributed by atoms with E-state index in [1.54, 1.807) is 12.1 Å². The summed E-state index contributed by atoms with van der Waals surface area (Å²) in [7, 11) is 0. The van der Waals surface area contributed by atoms with Gasteiger partial charge in [-0.25, -0.2) is 9.37 Å². The van der Waals surface area contributed by atoms with Gasteiger partial charge in [-0.05, 0) is 24.1 Å². The highest BCUT2D eigenvalue weighted by Gasteiger charge is 2.15. The van der Waals surface area contributed by atoms with Crippen molar-refractivity contribution in [2.45, 2.75) is 19.8 Å². The summed E-state index contributed by atoms with van der Waals surface area (Å²) in [5.41, 5.74) is 0.708. The average molecular weight is 316 g/mol. The minimum absolute atomic E-state index is 0.0319. The molecular formula is C14H12Cl2FNO2. The number of phenolic OH excluding ortho intramolecular Hbond substituents is 1. The molecular weight excluding hydrogens is 304 g/mol. The van der Waals surface area contributed by atoms with Gasteiger partial charge >= 0.3 is 0 Å². The summed E-state index contributed by atoms with van der Waals surface area (Å²) < 4.78 is 18.8. The number of hydrogen-bond acceptors (Lipinski definition) is 3. The zero-order valence-corrected chi connectivity index (χ0v) is 12.3. The largest absolute Gasteiger partial charge is 0.508 e. The average Bonchev–Trinajstić information content (AvgIpc) is 2.40. The fourth-order valence-corrected chi connectivity index (χ4v) is 2.10. The minimum atomic E-state index is -0.714. The number of hydrogen-bond donors (Lipinski definition) is 1.